The lowest BCUT2D eigenvalue weighted by atomic mass is 10.0. The number of likely N-dealkylation sites (N-methyl/N-ethyl adjacent to an activating group) is 1. The minimum absolute atomic E-state index is 0.0201. The Balaban J connectivity index is 1.81. The topological polar surface area (TPSA) is 50.4 Å². The van der Waals surface area contributed by atoms with Gasteiger partial charge in [0.25, 0.3) is 0 Å². The van der Waals surface area contributed by atoms with Crippen molar-refractivity contribution in [2.75, 3.05) is 20.3 Å². The number of amides is 1. The molecular formula is C13H24N2O2. The fourth-order valence-electron chi connectivity index (χ4n) is 2.49. The van der Waals surface area contributed by atoms with E-state index in [0.717, 1.165) is 18.8 Å². The van der Waals surface area contributed by atoms with Gasteiger partial charge in [0.15, 0.2) is 0 Å². The summed E-state index contributed by atoms with van der Waals surface area (Å²) in [4.78, 5) is 12.2. The molecule has 2 rings (SSSR count). The van der Waals surface area contributed by atoms with Crippen molar-refractivity contribution in [3.05, 3.63) is 0 Å². The van der Waals surface area contributed by atoms with Gasteiger partial charge in [0.1, 0.15) is 0 Å². The van der Waals surface area contributed by atoms with Gasteiger partial charge in [-0.05, 0) is 25.8 Å². The molecule has 3 atom stereocenters. The van der Waals surface area contributed by atoms with E-state index >= 15 is 0 Å². The van der Waals surface area contributed by atoms with Crippen molar-refractivity contribution in [1.82, 2.24) is 10.6 Å². The van der Waals surface area contributed by atoms with Crippen LogP contribution < -0.4 is 10.6 Å². The summed E-state index contributed by atoms with van der Waals surface area (Å²) in [5.74, 6) is 1.00. The molecule has 4 heteroatoms. The van der Waals surface area contributed by atoms with E-state index in [1.165, 1.54) is 12.8 Å². The van der Waals surface area contributed by atoms with Crippen LogP contribution in [0.1, 0.15) is 32.6 Å². The molecule has 98 valence electrons. The fraction of sp³-hybridized carbons (Fsp3) is 0.923. The zero-order valence-corrected chi connectivity index (χ0v) is 10.9. The Morgan fingerprint density at radius 1 is 1.41 bits per heavy atom. The zero-order chi connectivity index (χ0) is 12.3. The third kappa shape index (κ3) is 3.42. The average Bonchev–Trinajstić information content (AvgIpc) is 3.01. The summed E-state index contributed by atoms with van der Waals surface area (Å²) in [6.07, 6.45) is 4.87. The molecule has 17 heavy (non-hydrogen) atoms. The maximum Gasteiger partial charge on any atom is 0.227 e. The van der Waals surface area contributed by atoms with E-state index in [-0.39, 0.29) is 17.9 Å². The second-order valence-electron chi connectivity index (χ2n) is 5.33. The van der Waals surface area contributed by atoms with Gasteiger partial charge in [-0.25, -0.2) is 0 Å². The Hall–Kier alpha value is -0.610. The highest BCUT2D eigenvalue weighted by atomic mass is 16.5. The largest absolute Gasteiger partial charge is 0.379 e. The van der Waals surface area contributed by atoms with Gasteiger partial charge in [-0.1, -0.05) is 19.8 Å². The zero-order valence-electron chi connectivity index (χ0n) is 10.9. The van der Waals surface area contributed by atoms with Crippen LogP contribution in [-0.2, 0) is 9.53 Å². The number of rotatable bonds is 6. The highest BCUT2D eigenvalue weighted by Gasteiger charge is 2.34. The molecular weight excluding hydrogens is 216 g/mol. The Bertz CT molecular complexity index is 266. The van der Waals surface area contributed by atoms with Crippen molar-refractivity contribution in [3.63, 3.8) is 0 Å². The quantitative estimate of drug-likeness (QED) is 0.726. The third-order valence-electron chi connectivity index (χ3n) is 3.94. The third-order valence-corrected chi connectivity index (χ3v) is 3.94. The number of hydrogen-bond donors (Lipinski definition) is 2. The number of ether oxygens (including phenoxy) is 1. The summed E-state index contributed by atoms with van der Waals surface area (Å²) in [6.45, 7) is 3.35. The average molecular weight is 240 g/mol. The minimum Gasteiger partial charge on any atom is -0.379 e. The minimum atomic E-state index is -0.0201. The molecule has 1 saturated carbocycles. The van der Waals surface area contributed by atoms with Crippen LogP contribution in [0.2, 0.25) is 0 Å². The first kappa shape index (κ1) is 12.8. The summed E-state index contributed by atoms with van der Waals surface area (Å²) < 4.78 is 5.37. The predicted molar refractivity (Wildman–Crippen MR) is 66.7 cm³/mol. The molecule has 3 unspecified atom stereocenters. The molecule has 0 aromatic carbocycles. The molecule has 0 spiro atoms. The van der Waals surface area contributed by atoms with E-state index in [1.54, 1.807) is 0 Å². The van der Waals surface area contributed by atoms with E-state index in [2.05, 4.69) is 17.6 Å². The maximum atomic E-state index is 12.2. The van der Waals surface area contributed by atoms with Crippen molar-refractivity contribution in [1.29, 1.82) is 0 Å². The van der Waals surface area contributed by atoms with Gasteiger partial charge in [0.2, 0.25) is 5.91 Å². The summed E-state index contributed by atoms with van der Waals surface area (Å²) in [5.41, 5.74) is 0. The second-order valence-corrected chi connectivity index (χ2v) is 5.33. The number of hydrogen-bond acceptors (Lipinski definition) is 3. The molecule has 1 saturated heterocycles. The van der Waals surface area contributed by atoms with Gasteiger partial charge in [-0.2, -0.15) is 0 Å². The number of nitrogens with one attached hydrogen (secondary N) is 2. The van der Waals surface area contributed by atoms with Gasteiger partial charge in [0, 0.05) is 12.1 Å². The van der Waals surface area contributed by atoms with Crippen molar-refractivity contribution in [2.45, 2.75) is 44.7 Å². The highest BCUT2D eigenvalue weighted by molar-refractivity contribution is 5.80. The molecule has 1 amide bonds. The summed E-state index contributed by atoms with van der Waals surface area (Å²) in [6, 6.07) is 0.529. The van der Waals surface area contributed by atoms with Gasteiger partial charge < -0.3 is 15.4 Å². The number of carbonyl (C=O) groups is 1. The summed E-state index contributed by atoms with van der Waals surface area (Å²) in [5, 5.41) is 6.34. The van der Waals surface area contributed by atoms with Crippen molar-refractivity contribution in [2.24, 2.45) is 11.8 Å². The van der Waals surface area contributed by atoms with Crippen molar-refractivity contribution in [3.8, 4) is 0 Å². The first-order valence-corrected chi connectivity index (χ1v) is 6.80. The monoisotopic (exact) mass is 240 g/mol. The maximum absolute atomic E-state index is 12.2. The van der Waals surface area contributed by atoms with E-state index in [9.17, 15) is 4.79 Å². The van der Waals surface area contributed by atoms with Crippen LogP contribution in [0.25, 0.3) is 0 Å². The molecule has 1 aliphatic heterocycles. The summed E-state index contributed by atoms with van der Waals surface area (Å²) in [7, 11) is 1.89. The lowest BCUT2D eigenvalue weighted by Crippen LogP contribution is -2.46. The van der Waals surface area contributed by atoms with Crippen LogP contribution in [0.4, 0.5) is 0 Å². The van der Waals surface area contributed by atoms with Crippen LogP contribution in [0.5, 0.6) is 0 Å². The first-order chi connectivity index (χ1) is 8.24. The smallest absolute Gasteiger partial charge is 0.227 e. The molecule has 1 heterocycles. The molecule has 1 aliphatic carbocycles. The Labute approximate surface area is 103 Å². The van der Waals surface area contributed by atoms with E-state index < -0.39 is 0 Å². The summed E-state index contributed by atoms with van der Waals surface area (Å²) >= 11 is 0. The van der Waals surface area contributed by atoms with Crippen LogP contribution in [0.3, 0.4) is 0 Å². The molecule has 0 aromatic rings. The van der Waals surface area contributed by atoms with Crippen LogP contribution in [-0.4, -0.2) is 38.3 Å². The molecule has 0 bridgehead atoms. The predicted octanol–water partition coefficient (Wildman–Crippen LogP) is 0.916. The Kier molecular flexibility index (Phi) is 4.40. The lowest BCUT2D eigenvalue weighted by Gasteiger charge is -2.21. The molecule has 0 radical (unpaired) electrons. The SMILES string of the molecule is CCC(CC1CC1)NC(=O)C1COCC1NC. The molecule has 0 aromatic heterocycles. The van der Waals surface area contributed by atoms with Crippen molar-refractivity contribution >= 4 is 5.91 Å². The molecule has 4 nitrogen and oxygen atoms in total. The van der Waals surface area contributed by atoms with Crippen LogP contribution >= 0.6 is 0 Å². The van der Waals surface area contributed by atoms with E-state index in [0.29, 0.717) is 19.3 Å². The van der Waals surface area contributed by atoms with Gasteiger partial charge in [-0.15, -0.1) is 0 Å². The normalized spacial score (nSPS) is 30.2. The highest BCUT2D eigenvalue weighted by Crippen LogP contribution is 2.34. The molecule has 2 fully saturated rings. The van der Waals surface area contributed by atoms with Crippen LogP contribution in [0, 0.1) is 11.8 Å². The standard InChI is InChI=1S/C13H24N2O2/c1-3-10(6-9-4-5-9)15-13(16)11-7-17-8-12(11)14-2/h9-12,14H,3-8H2,1-2H3,(H,15,16). The fourth-order valence-corrected chi connectivity index (χ4v) is 2.49. The lowest BCUT2D eigenvalue weighted by molar-refractivity contribution is -0.126. The van der Waals surface area contributed by atoms with Gasteiger partial charge >= 0.3 is 0 Å². The molecule has 2 aliphatic rings. The van der Waals surface area contributed by atoms with E-state index in [1.807, 2.05) is 7.05 Å². The first-order valence-electron chi connectivity index (χ1n) is 6.80. The van der Waals surface area contributed by atoms with E-state index in [4.69, 9.17) is 4.74 Å². The molecule has 2 N–H and O–H groups in total. The Morgan fingerprint density at radius 3 is 2.76 bits per heavy atom. The Morgan fingerprint density at radius 2 is 2.18 bits per heavy atom. The van der Waals surface area contributed by atoms with Crippen molar-refractivity contribution < 1.29 is 9.53 Å². The van der Waals surface area contributed by atoms with Gasteiger partial charge in [-0.3, -0.25) is 4.79 Å². The number of carbonyl (C=O) groups excluding carboxylic acids is 1. The van der Waals surface area contributed by atoms with Crippen LogP contribution in [0.15, 0.2) is 0 Å². The van der Waals surface area contributed by atoms with Gasteiger partial charge in [0.05, 0.1) is 19.1 Å². The second kappa shape index (κ2) is 5.83.